The highest BCUT2D eigenvalue weighted by molar-refractivity contribution is 5.77. The first-order valence-electron chi connectivity index (χ1n) is 12.6. The molecule has 4 rings (SSSR count). The summed E-state index contributed by atoms with van der Waals surface area (Å²) in [6.07, 6.45) is -5.92. The number of hydrogen-bond acceptors (Lipinski definition) is 11. The molecule has 0 radical (unpaired) electrons. The zero-order chi connectivity index (χ0) is 29.0. The van der Waals surface area contributed by atoms with Crippen LogP contribution < -0.4 is 0 Å². The molecule has 2 aromatic carbocycles. The molecule has 1 fully saturated rings. The minimum Gasteiger partial charge on any atom is -0.508 e. The molecule has 11 nitrogen and oxygen atoms in total. The molecule has 5 atom stereocenters. The Labute approximate surface area is 229 Å². The van der Waals surface area contributed by atoms with Crippen molar-refractivity contribution in [3.8, 4) is 5.75 Å². The Bertz CT molecular complexity index is 1370. The van der Waals surface area contributed by atoms with E-state index in [1.807, 2.05) is 30.3 Å². The molecule has 1 N–H and O–H groups in total. The van der Waals surface area contributed by atoms with Gasteiger partial charge in [-0.25, -0.2) is 0 Å². The standard InChI is InChI=1S/C29H30O11/c1-15(30)35-14-25-27(36-16(2)31)29(38-18(4)33)28(37-17(3)32)26(40-25)22-12-19(9-10-23(22)34)11-21-13-20-7-5-6-8-24(20)39-21/h5-10,12-13,25-29,34H,11,14H2,1-4H3/t25-,26?,27-,28+,29+/m1/s1. The molecule has 0 bridgehead atoms. The monoisotopic (exact) mass is 554 g/mol. The van der Waals surface area contributed by atoms with Crippen molar-refractivity contribution in [1.29, 1.82) is 0 Å². The van der Waals surface area contributed by atoms with Crippen LogP contribution in [-0.2, 0) is 49.3 Å². The normalized spacial score (nSPS) is 22.4. The summed E-state index contributed by atoms with van der Waals surface area (Å²) < 4.78 is 33.7. The second-order valence-electron chi connectivity index (χ2n) is 9.44. The summed E-state index contributed by atoms with van der Waals surface area (Å²) in [5.74, 6) is -2.32. The Morgan fingerprint density at radius 1 is 0.800 bits per heavy atom. The molecule has 40 heavy (non-hydrogen) atoms. The first kappa shape index (κ1) is 28.6. The van der Waals surface area contributed by atoms with Crippen LogP contribution in [0.3, 0.4) is 0 Å². The number of fused-ring (bicyclic) bond motifs is 1. The fourth-order valence-corrected chi connectivity index (χ4v) is 4.75. The zero-order valence-electron chi connectivity index (χ0n) is 22.4. The highest BCUT2D eigenvalue weighted by Crippen LogP contribution is 2.41. The Hall–Kier alpha value is -4.38. The van der Waals surface area contributed by atoms with Crippen molar-refractivity contribution in [2.75, 3.05) is 6.61 Å². The number of phenolic OH excluding ortho intramolecular Hbond substituents is 1. The Kier molecular flexibility index (Phi) is 8.73. The molecule has 1 aliphatic heterocycles. The third kappa shape index (κ3) is 6.78. The summed E-state index contributed by atoms with van der Waals surface area (Å²) in [6.45, 7) is 4.28. The Morgan fingerprint density at radius 3 is 2.10 bits per heavy atom. The molecule has 2 heterocycles. The van der Waals surface area contributed by atoms with Gasteiger partial charge in [0.25, 0.3) is 0 Å². The minimum atomic E-state index is -1.34. The van der Waals surface area contributed by atoms with Gasteiger partial charge in [-0.2, -0.15) is 0 Å². The number of rotatable bonds is 8. The Balaban J connectivity index is 1.75. The summed E-state index contributed by atoms with van der Waals surface area (Å²) in [6, 6.07) is 14.3. The topological polar surface area (TPSA) is 148 Å². The third-order valence-electron chi connectivity index (χ3n) is 6.24. The SMILES string of the molecule is CC(=O)OC[C@H]1OC(c2cc(Cc3cc4ccccc4o3)ccc2O)[C@H](OC(C)=O)[C@@H](OC(C)=O)[C@@H]1OC(C)=O. The molecule has 1 aliphatic rings. The van der Waals surface area contributed by atoms with Crippen molar-refractivity contribution in [3.05, 3.63) is 65.4 Å². The average Bonchev–Trinajstić information content (AvgIpc) is 3.28. The summed E-state index contributed by atoms with van der Waals surface area (Å²) in [5.41, 5.74) is 1.68. The third-order valence-corrected chi connectivity index (χ3v) is 6.24. The molecule has 212 valence electrons. The number of ether oxygens (including phenoxy) is 5. The highest BCUT2D eigenvalue weighted by atomic mass is 16.7. The van der Waals surface area contributed by atoms with E-state index in [1.54, 1.807) is 12.1 Å². The van der Waals surface area contributed by atoms with E-state index in [9.17, 15) is 24.3 Å². The number of carbonyl (C=O) groups excluding carboxylic acids is 4. The van der Waals surface area contributed by atoms with E-state index in [2.05, 4.69) is 0 Å². The van der Waals surface area contributed by atoms with Crippen molar-refractivity contribution >= 4 is 34.8 Å². The van der Waals surface area contributed by atoms with Gasteiger partial charge in [-0.1, -0.05) is 24.3 Å². The molecule has 1 saturated heterocycles. The quantitative estimate of drug-likeness (QED) is 0.322. The molecule has 0 amide bonds. The second-order valence-corrected chi connectivity index (χ2v) is 9.44. The fraction of sp³-hybridized carbons (Fsp3) is 0.379. The summed E-state index contributed by atoms with van der Waals surface area (Å²) >= 11 is 0. The molecule has 0 saturated carbocycles. The largest absolute Gasteiger partial charge is 0.508 e. The van der Waals surface area contributed by atoms with Crippen LogP contribution in [0.1, 0.15) is 50.7 Å². The lowest BCUT2D eigenvalue weighted by Crippen LogP contribution is -2.59. The van der Waals surface area contributed by atoms with Crippen molar-refractivity contribution in [3.63, 3.8) is 0 Å². The van der Waals surface area contributed by atoms with E-state index in [0.717, 1.165) is 37.3 Å². The lowest BCUT2D eigenvalue weighted by molar-refractivity contribution is -0.254. The predicted molar refractivity (Wildman–Crippen MR) is 138 cm³/mol. The van der Waals surface area contributed by atoms with Crippen LogP contribution in [0.15, 0.2) is 52.9 Å². The maximum absolute atomic E-state index is 12.2. The number of hydrogen-bond donors (Lipinski definition) is 1. The van der Waals surface area contributed by atoms with Crippen LogP contribution in [0.5, 0.6) is 5.75 Å². The van der Waals surface area contributed by atoms with Gasteiger partial charge < -0.3 is 33.2 Å². The van der Waals surface area contributed by atoms with Crippen molar-refractivity contribution in [2.45, 2.75) is 64.6 Å². The van der Waals surface area contributed by atoms with Crippen LogP contribution in [0.4, 0.5) is 0 Å². The highest BCUT2D eigenvalue weighted by Gasteiger charge is 2.53. The molecule has 1 aromatic heterocycles. The molecule has 1 unspecified atom stereocenters. The summed E-state index contributed by atoms with van der Waals surface area (Å²) in [7, 11) is 0. The molecule has 3 aromatic rings. The minimum absolute atomic E-state index is 0.186. The number of aromatic hydroxyl groups is 1. The van der Waals surface area contributed by atoms with Gasteiger partial charge in [0.05, 0.1) is 0 Å². The number of esters is 4. The number of carbonyl (C=O) groups is 4. The molecular weight excluding hydrogens is 524 g/mol. The van der Waals surface area contributed by atoms with E-state index in [1.165, 1.54) is 13.0 Å². The lowest BCUT2D eigenvalue weighted by Gasteiger charge is -2.44. The second kappa shape index (κ2) is 12.2. The van der Waals surface area contributed by atoms with Gasteiger partial charge >= 0.3 is 23.9 Å². The maximum atomic E-state index is 12.2. The first-order chi connectivity index (χ1) is 19.0. The van der Waals surface area contributed by atoms with Gasteiger partial charge in [0.2, 0.25) is 0 Å². The van der Waals surface area contributed by atoms with Crippen LogP contribution in [0.25, 0.3) is 11.0 Å². The molecule has 0 aliphatic carbocycles. The smallest absolute Gasteiger partial charge is 0.303 e. The van der Waals surface area contributed by atoms with Crippen molar-refractivity contribution in [2.24, 2.45) is 0 Å². The molecule has 0 spiro atoms. The van der Waals surface area contributed by atoms with Gasteiger partial charge in [0.1, 0.15) is 35.9 Å². The molecule has 11 heteroatoms. The van der Waals surface area contributed by atoms with Gasteiger partial charge in [-0.05, 0) is 29.8 Å². The number of furan rings is 1. The van der Waals surface area contributed by atoms with Crippen molar-refractivity contribution in [1.82, 2.24) is 0 Å². The van der Waals surface area contributed by atoms with E-state index < -0.39 is 54.4 Å². The number of phenols is 1. The van der Waals surface area contributed by atoms with Crippen LogP contribution in [0.2, 0.25) is 0 Å². The van der Waals surface area contributed by atoms with E-state index in [0.29, 0.717) is 12.2 Å². The fourth-order valence-electron chi connectivity index (χ4n) is 4.75. The number of para-hydroxylation sites is 1. The van der Waals surface area contributed by atoms with Gasteiger partial charge in [0.15, 0.2) is 18.3 Å². The average molecular weight is 555 g/mol. The predicted octanol–water partition coefficient (Wildman–Crippen LogP) is 3.53. The zero-order valence-corrected chi connectivity index (χ0v) is 22.4. The van der Waals surface area contributed by atoms with Crippen molar-refractivity contribution < 1.29 is 52.4 Å². The maximum Gasteiger partial charge on any atom is 0.303 e. The summed E-state index contributed by atoms with van der Waals surface area (Å²) in [4.78, 5) is 47.8. The van der Waals surface area contributed by atoms with E-state index >= 15 is 0 Å². The van der Waals surface area contributed by atoms with Crippen LogP contribution >= 0.6 is 0 Å². The van der Waals surface area contributed by atoms with Crippen LogP contribution in [0, 0.1) is 0 Å². The first-order valence-corrected chi connectivity index (χ1v) is 12.6. The lowest BCUT2D eigenvalue weighted by atomic mass is 9.89. The van der Waals surface area contributed by atoms with Crippen LogP contribution in [-0.4, -0.2) is 60.0 Å². The van der Waals surface area contributed by atoms with E-state index in [-0.39, 0.29) is 17.9 Å². The van der Waals surface area contributed by atoms with Gasteiger partial charge in [-0.3, -0.25) is 19.2 Å². The van der Waals surface area contributed by atoms with Gasteiger partial charge in [-0.15, -0.1) is 0 Å². The summed E-state index contributed by atoms with van der Waals surface area (Å²) in [5, 5.41) is 11.8. The number of benzene rings is 2. The Morgan fingerprint density at radius 2 is 1.45 bits per heavy atom. The van der Waals surface area contributed by atoms with E-state index in [4.69, 9.17) is 28.1 Å². The molecular formula is C29H30O11. The van der Waals surface area contributed by atoms with Gasteiger partial charge in [0, 0.05) is 45.1 Å².